The molecule has 0 heterocycles. The minimum Gasteiger partial charge on any atom is -0.366 e. The van der Waals surface area contributed by atoms with Gasteiger partial charge in [0, 0.05) is 18.7 Å². The van der Waals surface area contributed by atoms with Gasteiger partial charge in [0.2, 0.25) is 5.91 Å². The van der Waals surface area contributed by atoms with E-state index in [0.717, 1.165) is 24.6 Å². The molecular formula is C18H20N2O. The van der Waals surface area contributed by atoms with Gasteiger partial charge in [-0.05, 0) is 47.6 Å². The molecule has 0 radical (unpaired) electrons. The Balaban J connectivity index is 1.61. The highest BCUT2D eigenvalue weighted by molar-refractivity contribution is 5.92. The van der Waals surface area contributed by atoms with E-state index in [-0.39, 0.29) is 5.91 Å². The molecule has 0 spiro atoms. The third-order valence-corrected chi connectivity index (χ3v) is 3.93. The van der Waals surface area contributed by atoms with Crippen molar-refractivity contribution in [2.75, 3.05) is 0 Å². The number of primary amides is 1. The first-order valence-electron chi connectivity index (χ1n) is 7.41. The average Bonchev–Trinajstić information content (AvgIpc) is 3.33. The van der Waals surface area contributed by atoms with Crippen molar-refractivity contribution in [2.24, 2.45) is 5.73 Å². The van der Waals surface area contributed by atoms with E-state index >= 15 is 0 Å². The molecule has 0 aromatic heterocycles. The molecule has 3 nitrogen and oxygen atoms in total. The van der Waals surface area contributed by atoms with Crippen molar-refractivity contribution in [3.63, 3.8) is 0 Å². The van der Waals surface area contributed by atoms with Crippen molar-refractivity contribution < 1.29 is 4.79 Å². The maximum absolute atomic E-state index is 11.2. The van der Waals surface area contributed by atoms with Crippen molar-refractivity contribution in [2.45, 2.75) is 31.8 Å². The third kappa shape index (κ3) is 3.50. The molecule has 0 aliphatic heterocycles. The Hall–Kier alpha value is -2.13. The fourth-order valence-electron chi connectivity index (χ4n) is 2.66. The first-order valence-corrected chi connectivity index (χ1v) is 7.41. The van der Waals surface area contributed by atoms with Gasteiger partial charge in [-0.2, -0.15) is 0 Å². The highest BCUT2D eigenvalue weighted by Crippen LogP contribution is 2.41. The van der Waals surface area contributed by atoms with Gasteiger partial charge in [0.25, 0.3) is 0 Å². The summed E-state index contributed by atoms with van der Waals surface area (Å²) in [4.78, 5) is 11.2. The summed E-state index contributed by atoms with van der Waals surface area (Å²) in [5.74, 6) is 0.386. The van der Waals surface area contributed by atoms with E-state index in [9.17, 15) is 4.79 Å². The summed E-state index contributed by atoms with van der Waals surface area (Å²) in [5, 5.41) is 3.46. The van der Waals surface area contributed by atoms with Crippen molar-refractivity contribution in [1.82, 2.24) is 5.32 Å². The fourth-order valence-corrected chi connectivity index (χ4v) is 2.66. The predicted molar refractivity (Wildman–Crippen MR) is 83.9 cm³/mol. The van der Waals surface area contributed by atoms with Gasteiger partial charge >= 0.3 is 0 Å². The maximum Gasteiger partial charge on any atom is 0.248 e. The largest absolute Gasteiger partial charge is 0.366 e. The second kappa shape index (κ2) is 6.10. The van der Waals surface area contributed by atoms with Gasteiger partial charge < -0.3 is 11.1 Å². The molecule has 0 saturated heterocycles. The minimum absolute atomic E-state index is 0.379. The van der Waals surface area contributed by atoms with Crippen LogP contribution in [0.1, 0.15) is 45.8 Å². The van der Waals surface area contributed by atoms with E-state index in [4.69, 9.17) is 5.73 Å². The van der Waals surface area contributed by atoms with Crippen LogP contribution in [-0.4, -0.2) is 5.91 Å². The lowest BCUT2D eigenvalue weighted by atomic mass is 10.0. The van der Waals surface area contributed by atoms with Crippen LogP contribution in [0.15, 0.2) is 48.5 Å². The molecule has 3 N–H and O–H groups in total. The van der Waals surface area contributed by atoms with Crippen molar-refractivity contribution in [3.8, 4) is 0 Å². The van der Waals surface area contributed by atoms with Crippen LogP contribution in [0.2, 0.25) is 0 Å². The van der Waals surface area contributed by atoms with Gasteiger partial charge in [0.15, 0.2) is 0 Å². The highest BCUT2D eigenvalue weighted by Gasteiger charge is 2.25. The van der Waals surface area contributed by atoms with Crippen LogP contribution in [-0.2, 0) is 13.1 Å². The van der Waals surface area contributed by atoms with Gasteiger partial charge in [-0.15, -0.1) is 0 Å². The molecule has 0 unspecified atom stereocenters. The second-order valence-corrected chi connectivity index (χ2v) is 5.64. The van der Waals surface area contributed by atoms with E-state index in [2.05, 4.69) is 29.6 Å². The van der Waals surface area contributed by atoms with E-state index in [1.807, 2.05) is 18.2 Å². The quantitative estimate of drug-likeness (QED) is 0.854. The zero-order valence-electron chi connectivity index (χ0n) is 12.0. The summed E-state index contributed by atoms with van der Waals surface area (Å²) in [6.07, 6.45) is 2.63. The number of hydrogen-bond donors (Lipinski definition) is 2. The number of hydrogen-bond acceptors (Lipinski definition) is 2. The predicted octanol–water partition coefficient (Wildman–Crippen LogP) is 2.95. The number of rotatable bonds is 6. The van der Waals surface area contributed by atoms with Crippen LogP contribution in [0.3, 0.4) is 0 Å². The summed E-state index contributed by atoms with van der Waals surface area (Å²) < 4.78 is 0. The lowest BCUT2D eigenvalue weighted by Crippen LogP contribution is -2.15. The Labute approximate surface area is 125 Å². The van der Waals surface area contributed by atoms with Crippen LogP contribution < -0.4 is 11.1 Å². The first kappa shape index (κ1) is 13.8. The Kier molecular flexibility index (Phi) is 4.02. The van der Waals surface area contributed by atoms with Crippen LogP contribution in [0.25, 0.3) is 0 Å². The van der Waals surface area contributed by atoms with Crippen LogP contribution in [0.5, 0.6) is 0 Å². The van der Waals surface area contributed by atoms with Crippen molar-refractivity contribution in [1.29, 1.82) is 0 Å². The topological polar surface area (TPSA) is 55.1 Å². The molecule has 1 saturated carbocycles. The summed E-state index contributed by atoms with van der Waals surface area (Å²) in [7, 11) is 0. The standard InChI is InChI=1S/C18H20N2O/c19-18(21)15-6-3-4-13(10-15)11-20-12-16-5-1-2-7-17(16)14-8-9-14/h1-7,10,14,20H,8-9,11-12H2,(H2,19,21). The molecular weight excluding hydrogens is 260 g/mol. The SMILES string of the molecule is NC(=O)c1cccc(CNCc2ccccc2C2CC2)c1. The molecule has 2 aromatic carbocycles. The third-order valence-electron chi connectivity index (χ3n) is 3.93. The van der Waals surface area contributed by atoms with Crippen molar-refractivity contribution in [3.05, 3.63) is 70.8 Å². The number of amides is 1. The van der Waals surface area contributed by atoms with E-state index in [0.29, 0.717) is 5.56 Å². The van der Waals surface area contributed by atoms with E-state index in [1.165, 1.54) is 24.0 Å². The van der Waals surface area contributed by atoms with Crippen molar-refractivity contribution >= 4 is 5.91 Å². The first-order chi connectivity index (χ1) is 10.2. The molecule has 3 heteroatoms. The second-order valence-electron chi connectivity index (χ2n) is 5.64. The normalized spacial score (nSPS) is 14.1. The Bertz CT molecular complexity index is 647. The smallest absolute Gasteiger partial charge is 0.248 e. The summed E-state index contributed by atoms with van der Waals surface area (Å²) >= 11 is 0. The zero-order valence-corrected chi connectivity index (χ0v) is 12.0. The Morgan fingerprint density at radius 3 is 2.67 bits per heavy atom. The van der Waals surface area contributed by atoms with E-state index in [1.54, 1.807) is 6.07 Å². The molecule has 1 amide bonds. The molecule has 0 bridgehead atoms. The summed E-state index contributed by atoms with van der Waals surface area (Å²) in [6, 6.07) is 16.1. The molecule has 1 aliphatic carbocycles. The monoisotopic (exact) mass is 280 g/mol. The maximum atomic E-state index is 11.2. The fraction of sp³-hybridized carbons (Fsp3) is 0.278. The molecule has 3 rings (SSSR count). The van der Waals surface area contributed by atoms with Crippen LogP contribution >= 0.6 is 0 Å². The van der Waals surface area contributed by atoms with Crippen LogP contribution in [0, 0.1) is 0 Å². The molecule has 108 valence electrons. The number of nitrogens with two attached hydrogens (primary N) is 1. The number of benzene rings is 2. The van der Waals surface area contributed by atoms with Crippen LogP contribution in [0.4, 0.5) is 0 Å². The molecule has 1 aliphatic rings. The highest BCUT2D eigenvalue weighted by atomic mass is 16.1. The Morgan fingerprint density at radius 1 is 1.10 bits per heavy atom. The van der Waals surface area contributed by atoms with E-state index < -0.39 is 0 Å². The molecule has 2 aromatic rings. The number of carbonyl (C=O) groups excluding carboxylic acids is 1. The Morgan fingerprint density at radius 2 is 1.90 bits per heavy atom. The van der Waals surface area contributed by atoms with Gasteiger partial charge in [0.05, 0.1) is 0 Å². The molecule has 21 heavy (non-hydrogen) atoms. The summed E-state index contributed by atoms with van der Waals surface area (Å²) in [5.41, 5.74) is 9.81. The average molecular weight is 280 g/mol. The number of carbonyl (C=O) groups is 1. The molecule has 0 atom stereocenters. The van der Waals surface area contributed by atoms with Gasteiger partial charge in [-0.1, -0.05) is 36.4 Å². The zero-order chi connectivity index (χ0) is 14.7. The minimum atomic E-state index is -0.379. The van der Waals surface area contributed by atoms with Gasteiger partial charge in [-0.3, -0.25) is 4.79 Å². The molecule has 1 fully saturated rings. The lowest BCUT2D eigenvalue weighted by Gasteiger charge is -2.10. The summed E-state index contributed by atoms with van der Waals surface area (Å²) in [6.45, 7) is 1.59. The number of nitrogens with one attached hydrogen (secondary N) is 1. The lowest BCUT2D eigenvalue weighted by molar-refractivity contribution is 0.1000. The van der Waals surface area contributed by atoms with Gasteiger partial charge in [-0.25, -0.2) is 0 Å². The van der Waals surface area contributed by atoms with Gasteiger partial charge in [0.1, 0.15) is 0 Å².